The van der Waals surface area contributed by atoms with Crippen LogP contribution in [-0.4, -0.2) is 90.8 Å². The fraction of sp³-hybridized carbons (Fsp3) is 0.556. The quantitative estimate of drug-likeness (QED) is 0.203. The van der Waals surface area contributed by atoms with E-state index in [-0.39, 0.29) is 43.4 Å². The van der Waals surface area contributed by atoms with E-state index >= 15 is 0 Å². The molecule has 3 aliphatic rings. The fourth-order valence-corrected chi connectivity index (χ4v) is 6.62. The standard InChI is InChI=1S/C36H44Cl3N3O8/c1-22(2)27(15-31(43)49-16-28-25-11-6-4-9-23(25)24-10-5-7-12-26(24)28)32(44)40-30(17-47-18-35(3)19-48-20-35)33(45)42-14-8-13-29(41-42)34(46)50-21-36(37,38)39/h4-7,9-12,22,27-30,41H,8,13-21H2,1-3H3,(H,40,44)/t27-,29-,30-/m0/s1. The number of hydrogen-bond donors (Lipinski definition) is 2. The maximum atomic E-state index is 13.9. The van der Waals surface area contributed by atoms with E-state index in [1.54, 1.807) is 0 Å². The lowest BCUT2D eigenvalue weighted by atomic mass is 9.90. The van der Waals surface area contributed by atoms with E-state index in [4.69, 9.17) is 53.8 Å². The van der Waals surface area contributed by atoms with Crippen molar-refractivity contribution in [2.45, 2.75) is 61.8 Å². The van der Waals surface area contributed by atoms with Crippen molar-refractivity contribution in [1.29, 1.82) is 0 Å². The van der Waals surface area contributed by atoms with Crippen LogP contribution >= 0.6 is 34.8 Å². The number of carbonyl (C=O) groups excluding carboxylic acids is 4. The molecule has 2 aromatic rings. The van der Waals surface area contributed by atoms with E-state index in [2.05, 4.69) is 22.9 Å². The summed E-state index contributed by atoms with van der Waals surface area (Å²) in [4.78, 5) is 53.6. The van der Waals surface area contributed by atoms with Gasteiger partial charge in [0.2, 0.25) is 9.70 Å². The summed E-state index contributed by atoms with van der Waals surface area (Å²) in [6.07, 6.45) is 0.708. The summed E-state index contributed by atoms with van der Waals surface area (Å²) in [5.41, 5.74) is 7.13. The second-order valence-electron chi connectivity index (χ2n) is 13.9. The number of hydrazine groups is 1. The van der Waals surface area contributed by atoms with Crippen molar-refractivity contribution in [3.8, 4) is 11.1 Å². The Bertz CT molecular complexity index is 1500. The molecule has 2 aliphatic heterocycles. The minimum atomic E-state index is -1.78. The van der Waals surface area contributed by atoms with Crippen LogP contribution in [0.3, 0.4) is 0 Å². The monoisotopic (exact) mass is 751 g/mol. The van der Waals surface area contributed by atoms with E-state index in [1.807, 2.05) is 57.2 Å². The molecule has 0 radical (unpaired) electrons. The molecular weight excluding hydrogens is 709 g/mol. The number of hydrogen-bond acceptors (Lipinski definition) is 9. The zero-order chi connectivity index (χ0) is 36.1. The third-order valence-electron chi connectivity index (χ3n) is 9.27. The van der Waals surface area contributed by atoms with Gasteiger partial charge in [-0.1, -0.05) is 104 Å². The van der Waals surface area contributed by atoms with Crippen molar-refractivity contribution >= 4 is 58.6 Å². The molecule has 0 unspecified atom stereocenters. The van der Waals surface area contributed by atoms with Gasteiger partial charge < -0.3 is 24.3 Å². The lowest BCUT2D eigenvalue weighted by Gasteiger charge is -2.38. The molecule has 0 bridgehead atoms. The van der Waals surface area contributed by atoms with Gasteiger partial charge >= 0.3 is 11.9 Å². The van der Waals surface area contributed by atoms with Gasteiger partial charge in [0.05, 0.1) is 38.8 Å². The molecule has 50 heavy (non-hydrogen) atoms. The Morgan fingerprint density at radius 2 is 1.66 bits per heavy atom. The number of fused-ring (bicyclic) bond motifs is 3. The summed E-state index contributed by atoms with van der Waals surface area (Å²) in [5.74, 6) is -3.31. The van der Waals surface area contributed by atoms with E-state index in [0.717, 1.165) is 22.3 Å². The first-order valence-electron chi connectivity index (χ1n) is 16.9. The molecule has 5 rings (SSSR count). The summed E-state index contributed by atoms with van der Waals surface area (Å²) >= 11 is 17.2. The summed E-state index contributed by atoms with van der Waals surface area (Å²) in [7, 11) is 0. The molecule has 2 amide bonds. The molecule has 2 aromatic carbocycles. The highest BCUT2D eigenvalue weighted by molar-refractivity contribution is 6.67. The lowest BCUT2D eigenvalue weighted by Crippen LogP contribution is -2.61. The van der Waals surface area contributed by atoms with Crippen molar-refractivity contribution in [3.63, 3.8) is 0 Å². The molecule has 11 nitrogen and oxygen atoms in total. The Labute approximate surface area is 307 Å². The summed E-state index contributed by atoms with van der Waals surface area (Å²) in [6, 6.07) is 14.2. The number of nitrogens with one attached hydrogen (secondary N) is 2. The molecule has 0 saturated carbocycles. The number of carbonyl (C=O) groups is 4. The maximum Gasteiger partial charge on any atom is 0.325 e. The average Bonchev–Trinajstić information content (AvgIpc) is 3.40. The Morgan fingerprint density at radius 1 is 1.02 bits per heavy atom. The number of rotatable bonds is 14. The highest BCUT2D eigenvalue weighted by atomic mass is 35.6. The Hall–Kier alpha value is -2.93. The smallest absolute Gasteiger partial charge is 0.325 e. The van der Waals surface area contributed by atoms with E-state index < -0.39 is 52.2 Å². The molecule has 2 fully saturated rings. The van der Waals surface area contributed by atoms with Gasteiger partial charge in [0.1, 0.15) is 25.3 Å². The van der Waals surface area contributed by atoms with E-state index in [0.29, 0.717) is 32.7 Å². The van der Waals surface area contributed by atoms with Gasteiger partial charge in [-0.3, -0.25) is 24.2 Å². The summed E-state index contributed by atoms with van der Waals surface area (Å²) < 4.78 is 20.4. The van der Waals surface area contributed by atoms with Crippen molar-refractivity contribution in [2.75, 3.05) is 46.2 Å². The second kappa shape index (κ2) is 16.6. The molecular formula is C36H44Cl3N3O8. The zero-order valence-electron chi connectivity index (χ0n) is 28.4. The van der Waals surface area contributed by atoms with Crippen LogP contribution in [0.15, 0.2) is 48.5 Å². The van der Waals surface area contributed by atoms with Crippen LogP contribution in [0.5, 0.6) is 0 Å². The predicted octanol–water partition coefficient (Wildman–Crippen LogP) is 4.95. The van der Waals surface area contributed by atoms with Gasteiger partial charge in [-0.25, -0.2) is 5.43 Å². The fourth-order valence-electron chi connectivity index (χ4n) is 6.45. The highest BCUT2D eigenvalue weighted by Crippen LogP contribution is 2.44. The average molecular weight is 753 g/mol. The van der Waals surface area contributed by atoms with Crippen molar-refractivity contribution in [1.82, 2.24) is 15.8 Å². The van der Waals surface area contributed by atoms with Crippen LogP contribution in [-0.2, 0) is 38.1 Å². The minimum absolute atomic E-state index is 0.111. The first-order chi connectivity index (χ1) is 23.7. The SMILES string of the molecule is CC(C)[C@H](CC(=O)OCC1c2ccccc2-c2ccccc21)C(=O)N[C@@H](COCC1(C)COC1)C(=O)N1CCC[C@@H](C(=O)OCC(Cl)(Cl)Cl)N1. The Kier molecular flexibility index (Phi) is 12.7. The molecule has 0 aromatic heterocycles. The minimum Gasteiger partial charge on any atom is -0.465 e. The Morgan fingerprint density at radius 3 is 2.24 bits per heavy atom. The molecule has 1 aliphatic carbocycles. The van der Waals surface area contributed by atoms with Crippen LogP contribution in [0.2, 0.25) is 0 Å². The molecule has 272 valence electrons. The number of ether oxygens (including phenoxy) is 4. The van der Waals surface area contributed by atoms with Crippen molar-refractivity contribution in [3.05, 3.63) is 59.7 Å². The van der Waals surface area contributed by atoms with Gasteiger partial charge in [-0.15, -0.1) is 0 Å². The molecule has 3 atom stereocenters. The van der Waals surface area contributed by atoms with Gasteiger partial charge in [0.15, 0.2) is 0 Å². The van der Waals surface area contributed by atoms with Crippen molar-refractivity contribution in [2.24, 2.45) is 17.3 Å². The van der Waals surface area contributed by atoms with E-state index in [1.165, 1.54) is 5.01 Å². The van der Waals surface area contributed by atoms with Crippen LogP contribution in [0.4, 0.5) is 0 Å². The topological polar surface area (TPSA) is 132 Å². The molecule has 2 heterocycles. The lowest BCUT2D eigenvalue weighted by molar-refractivity contribution is -0.156. The van der Waals surface area contributed by atoms with Crippen LogP contribution in [0.1, 0.15) is 57.1 Å². The van der Waals surface area contributed by atoms with E-state index in [9.17, 15) is 19.2 Å². The second-order valence-corrected chi connectivity index (χ2v) is 16.4. The number of halogens is 3. The van der Waals surface area contributed by atoms with Gasteiger partial charge in [-0.05, 0) is 41.0 Å². The van der Waals surface area contributed by atoms with Gasteiger partial charge in [-0.2, -0.15) is 0 Å². The number of esters is 2. The summed E-state index contributed by atoms with van der Waals surface area (Å²) in [5, 5.41) is 4.11. The third-order valence-corrected chi connectivity index (χ3v) is 9.59. The van der Waals surface area contributed by atoms with Gasteiger partial charge in [0.25, 0.3) is 5.91 Å². The predicted molar refractivity (Wildman–Crippen MR) is 188 cm³/mol. The Balaban J connectivity index is 1.22. The number of benzene rings is 2. The molecule has 2 saturated heterocycles. The summed E-state index contributed by atoms with van der Waals surface area (Å²) in [6.45, 7) is 6.90. The largest absolute Gasteiger partial charge is 0.465 e. The highest BCUT2D eigenvalue weighted by Gasteiger charge is 2.38. The molecule has 14 heteroatoms. The number of alkyl halides is 3. The first-order valence-corrected chi connectivity index (χ1v) is 18.0. The number of nitrogens with zero attached hydrogens (tertiary/aromatic N) is 1. The normalized spacial score (nSPS) is 19.5. The maximum absolute atomic E-state index is 13.9. The van der Waals surface area contributed by atoms with Crippen LogP contribution in [0, 0.1) is 17.3 Å². The third kappa shape index (κ3) is 9.68. The first kappa shape index (κ1) is 38.3. The van der Waals surface area contributed by atoms with Crippen molar-refractivity contribution < 1.29 is 38.1 Å². The molecule has 2 N–H and O–H groups in total. The zero-order valence-corrected chi connectivity index (χ0v) is 30.7. The van der Waals surface area contributed by atoms with Crippen LogP contribution in [0.25, 0.3) is 11.1 Å². The van der Waals surface area contributed by atoms with Gasteiger partial charge in [0, 0.05) is 17.9 Å². The number of amides is 2. The van der Waals surface area contributed by atoms with Crippen LogP contribution < -0.4 is 10.7 Å². The molecule has 0 spiro atoms.